The smallest absolute Gasteiger partial charge is 0.275 e. The second-order valence-corrected chi connectivity index (χ2v) is 5.67. The number of rotatable bonds is 6. The maximum atomic E-state index is 11.8. The molecule has 1 aliphatic rings. The fourth-order valence-corrected chi connectivity index (χ4v) is 2.51. The van der Waals surface area contributed by atoms with Crippen molar-refractivity contribution in [2.45, 2.75) is 13.8 Å². The molecule has 0 aliphatic carbocycles. The molecule has 0 bridgehead atoms. The number of aryl methyl sites for hydroxylation is 2. The van der Waals surface area contributed by atoms with Crippen LogP contribution in [-0.4, -0.2) is 51.1 Å². The number of ether oxygens (including phenoxy) is 1. The summed E-state index contributed by atoms with van der Waals surface area (Å²) in [7, 11) is 0. The van der Waals surface area contributed by atoms with Gasteiger partial charge in [-0.3, -0.25) is 9.59 Å². The molecule has 1 saturated heterocycles. The molecule has 1 unspecified atom stereocenters. The van der Waals surface area contributed by atoms with Gasteiger partial charge in [0.25, 0.3) is 11.8 Å². The Morgan fingerprint density at radius 2 is 2.23 bits per heavy atom. The molecule has 0 saturated carbocycles. The van der Waals surface area contributed by atoms with Crippen molar-refractivity contribution in [2.24, 2.45) is 0 Å². The third-order valence-corrected chi connectivity index (χ3v) is 3.63. The predicted molar refractivity (Wildman–Crippen MR) is 83.0 cm³/mol. The summed E-state index contributed by atoms with van der Waals surface area (Å²) in [6, 6.07) is 6.02. The highest BCUT2D eigenvalue weighted by molar-refractivity contribution is 5.79. The molecule has 0 aromatic heterocycles. The van der Waals surface area contributed by atoms with E-state index in [0.29, 0.717) is 32.8 Å². The Morgan fingerprint density at radius 1 is 1.41 bits per heavy atom. The number of nitrogens with one attached hydrogen (secondary N) is 3. The Kier molecular flexibility index (Phi) is 5.77. The standard InChI is InChI=1S/C16H23N3O3/c1-12-3-4-14(13(2)9-12)22-8-6-18-16(21)11-19-7-5-17-15(20)10-19/h3-4,9H,5-8,10-11H2,1-2H3,(H,17,20)(H,18,21)/p+1. The molecule has 2 amide bonds. The maximum absolute atomic E-state index is 11.8. The maximum Gasteiger partial charge on any atom is 0.275 e. The molecule has 1 fully saturated rings. The molecule has 120 valence electrons. The van der Waals surface area contributed by atoms with Crippen molar-refractivity contribution in [3.8, 4) is 5.75 Å². The molecular formula is C16H24N3O3+. The summed E-state index contributed by atoms with van der Waals surface area (Å²) in [6.07, 6.45) is 0. The molecule has 1 aromatic rings. The first kappa shape index (κ1) is 16.3. The summed E-state index contributed by atoms with van der Waals surface area (Å²) in [5.41, 5.74) is 2.29. The van der Waals surface area contributed by atoms with E-state index < -0.39 is 0 Å². The lowest BCUT2D eigenvalue weighted by Crippen LogP contribution is -3.16. The second kappa shape index (κ2) is 7.79. The third-order valence-electron chi connectivity index (χ3n) is 3.63. The molecular weight excluding hydrogens is 282 g/mol. The fraction of sp³-hybridized carbons (Fsp3) is 0.500. The van der Waals surface area contributed by atoms with Gasteiger partial charge < -0.3 is 20.3 Å². The SMILES string of the molecule is Cc1ccc(OCCNC(=O)C[NH+]2CCNC(=O)C2)c(C)c1. The minimum Gasteiger partial charge on any atom is -0.491 e. The van der Waals surface area contributed by atoms with E-state index in [0.717, 1.165) is 22.8 Å². The zero-order valence-corrected chi connectivity index (χ0v) is 13.2. The lowest BCUT2D eigenvalue weighted by atomic mass is 10.1. The zero-order valence-electron chi connectivity index (χ0n) is 13.2. The van der Waals surface area contributed by atoms with E-state index in [1.54, 1.807) is 0 Å². The second-order valence-electron chi connectivity index (χ2n) is 5.67. The Hall–Kier alpha value is -2.08. The van der Waals surface area contributed by atoms with Gasteiger partial charge in [0.2, 0.25) is 0 Å². The van der Waals surface area contributed by atoms with E-state index in [1.165, 1.54) is 5.56 Å². The van der Waals surface area contributed by atoms with Gasteiger partial charge in [0, 0.05) is 0 Å². The Labute approximate surface area is 130 Å². The van der Waals surface area contributed by atoms with Crippen molar-refractivity contribution in [2.75, 3.05) is 39.3 Å². The summed E-state index contributed by atoms with van der Waals surface area (Å²) in [4.78, 5) is 24.1. The van der Waals surface area contributed by atoms with Gasteiger partial charge in [0.1, 0.15) is 12.4 Å². The zero-order chi connectivity index (χ0) is 15.9. The first-order chi connectivity index (χ1) is 10.5. The van der Waals surface area contributed by atoms with E-state index in [2.05, 4.69) is 16.7 Å². The van der Waals surface area contributed by atoms with Crippen LogP contribution in [0.4, 0.5) is 0 Å². The highest BCUT2D eigenvalue weighted by Gasteiger charge is 2.21. The van der Waals surface area contributed by atoms with Gasteiger partial charge in [-0.05, 0) is 25.5 Å². The van der Waals surface area contributed by atoms with Crippen LogP contribution in [0.3, 0.4) is 0 Å². The average molecular weight is 306 g/mol. The lowest BCUT2D eigenvalue weighted by Gasteiger charge is -2.22. The minimum atomic E-state index is -0.0473. The molecule has 0 spiro atoms. The molecule has 0 radical (unpaired) electrons. The Balaban J connectivity index is 1.65. The summed E-state index contributed by atoms with van der Waals surface area (Å²) in [5.74, 6) is 0.805. The van der Waals surface area contributed by atoms with E-state index in [-0.39, 0.29) is 11.8 Å². The van der Waals surface area contributed by atoms with E-state index >= 15 is 0 Å². The number of benzene rings is 1. The molecule has 2 rings (SSSR count). The van der Waals surface area contributed by atoms with Crippen molar-refractivity contribution in [3.05, 3.63) is 29.3 Å². The number of hydrogen-bond donors (Lipinski definition) is 3. The fourth-order valence-electron chi connectivity index (χ4n) is 2.51. The summed E-state index contributed by atoms with van der Waals surface area (Å²) >= 11 is 0. The highest BCUT2D eigenvalue weighted by atomic mass is 16.5. The first-order valence-corrected chi connectivity index (χ1v) is 7.61. The molecule has 6 nitrogen and oxygen atoms in total. The first-order valence-electron chi connectivity index (χ1n) is 7.61. The van der Waals surface area contributed by atoms with Crippen molar-refractivity contribution in [1.29, 1.82) is 0 Å². The largest absolute Gasteiger partial charge is 0.491 e. The monoisotopic (exact) mass is 306 g/mol. The molecule has 1 aromatic carbocycles. The molecule has 6 heteroatoms. The van der Waals surface area contributed by atoms with E-state index in [1.807, 2.05) is 26.0 Å². The number of carbonyl (C=O) groups is 2. The molecule has 3 N–H and O–H groups in total. The van der Waals surface area contributed by atoms with E-state index in [4.69, 9.17) is 4.74 Å². The Bertz CT molecular complexity index is 545. The molecule has 1 atom stereocenters. The van der Waals surface area contributed by atoms with Crippen molar-refractivity contribution >= 4 is 11.8 Å². The summed E-state index contributed by atoms with van der Waals surface area (Å²) < 4.78 is 5.66. The van der Waals surface area contributed by atoms with Crippen LogP contribution in [-0.2, 0) is 9.59 Å². The van der Waals surface area contributed by atoms with Crippen molar-refractivity contribution in [3.63, 3.8) is 0 Å². The number of quaternary nitrogens is 1. The van der Waals surface area contributed by atoms with Crippen LogP contribution in [0.25, 0.3) is 0 Å². The van der Waals surface area contributed by atoms with Crippen molar-refractivity contribution < 1.29 is 19.2 Å². The van der Waals surface area contributed by atoms with Crippen LogP contribution in [0, 0.1) is 13.8 Å². The van der Waals surface area contributed by atoms with Gasteiger partial charge in [0.15, 0.2) is 13.1 Å². The average Bonchev–Trinajstić information content (AvgIpc) is 2.45. The molecule has 22 heavy (non-hydrogen) atoms. The van der Waals surface area contributed by atoms with Crippen LogP contribution in [0.15, 0.2) is 18.2 Å². The quantitative estimate of drug-likeness (QED) is 0.579. The van der Waals surface area contributed by atoms with Gasteiger partial charge >= 0.3 is 0 Å². The number of hydrogen-bond acceptors (Lipinski definition) is 3. The van der Waals surface area contributed by atoms with E-state index in [9.17, 15) is 9.59 Å². The molecule has 1 heterocycles. The number of piperazine rings is 1. The van der Waals surface area contributed by atoms with Gasteiger partial charge in [-0.1, -0.05) is 17.7 Å². The van der Waals surface area contributed by atoms with Crippen LogP contribution in [0.5, 0.6) is 5.75 Å². The van der Waals surface area contributed by atoms with Gasteiger partial charge in [-0.2, -0.15) is 0 Å². The number of amides is 2. The van der Waals surface area contributed by atoms with Gasteiger partial charge in [-0.15, -0.1) is 0 Å². The Morgan fingerprint density at radius 3 is 2.95 bits per heavy atom. The lowest BCUT2D eigenvalue weighted by molar-refractivity contribution is -0.885. The van der Waals surface area contributed by atoms with Crippen LogP contribution < -0.4 is 20.3 Å². The van der Waals surface area contributed by atoms with Crippen molar-refractivity contribution in [1.82, 2.24) is 10.6 Å². The topological polar surface area (TPSA) is 71.9 Å². The summed E-state index contributed by atoms with van der Waals surface area (Å²) in [5, 5.41) is 5.58. The van der Waals surface area contributed by atoms with Crippen LogP contribution in [0.1, 0.15) is 11.1 Å². The predicted octanol–water partition coefficient (Wildman–Crippen LogP) is -1.19. The normalized spacial score (nSPS) is 17.7. The van der Waals surface area contributed by atoms with Gasteiger partial charge in [0.05, 0.1) is 19.6 Å². The summed E-state index contributed by atoms with van der Waals surface area (Å²) in [6.45, 7) is 7.07. The van der Waals surface area contributed by atoms with Crippen LogP contribution >= 0.6 is 0 Å². The number of carbonyl (C=O) groups excluding carboxylic acids is 2. The third kappa shape index (κ3) is 5.04. The molecule has 1 aliphatic heterocycles. The van der Waals surface area contributed by atoms with Crippen LogP contribution in [0.2, 0.25) is 0 Å². The highest BCUT2D eigenvalue weighted by Crippen LogP contribution is 2.18. The van der Waals surface area contributed by atoms with Gasteiger partial charge in [-0.25, -0.2) is 0 Å². The minimum absolute atomic E-state index is 0.00669.